The van der Waals surface area contributed by atoms with Crippen molar-refractivity contribution in [2.45, 2.75) is 262 Å². The molecule has 0 aromatic rings. The number of hydrogen-bond acceptors (Lipinski definition) is 10. The van der Waals surface area contributed by atoms with Crippen molar-refractivity contribution >= 4 is 11.9 Å². The number of amides is 1. The number of rotatable bonds is 46. The molecule has 1 amide bonds. The Labute approximate surface area is 437 Å². The highest BCUT2D eigenvalue weighted by atomic mass is 16.7. The fraction of sp³-hybridized carbons (Fsp3) is 0.705. The molecule has 11 heteroatoms. The zero-order valence-corrected chi connectivity index (χ0v) is 45.3. The van der Waals surface area contributed by atoms with Crippen LogP contribution in [0, 0.1) is 0 Å². The van der Waals surface area contributed by atoms with Gasteiger partial charge in [0.2, 0.25) is 5.91 Å². The predicted molar refractivity (Wildman–Crippen MR) is 296 cm³/mol. The van der Waals surface area contributed by atoms with E-state index in [4.69, 9.17) is 14.2 Å². The van der Waals surface area contributed by atoms with Gasteiger partial charge in [0.1, 0.15) is 24.4 Å². The lowest BCUT2D eigenvalue weighted by Gasteiger charge is -2.41. The van der Waals surface area contributed by atoms with Crippen molar-refractivity contribution in [1.29, 1.82) is 0 Å². The van der Waals surface area contributed by atoms with Crippen LogP contribution in [0.2, 0.25) is 0 Å². The van der Waals surface area contributed by atoms with E-state index in [0.29, 0.717) is 12.8 Å². The summed E-state index contributed by atoms with van der Waals surface area (Å²) in [6, 6.07) is -1.05. The Balaban J connectivity index is 2.77. The molecular formula is C61H103NO10. The summed E-state index contributed by atoms with van der Waals surface area (Å²) in [4.78, 5) is 26.4. The molecule has 72 heavy (non-hydrogen) atoms. The van der Waals surface area contributed by atoms with Crippen LogP contribution in [0.5, 0.6) is 0 Å². The van der Waals surface area contributed by atoms with Gasteiger partial charge in [-0.25, -0.2) is 0 Å². The topological polar surface area (TPSA) is 175 Å². The molecule has 0 bridgehead atoms. The van der Waals surface area contributed by atoms with Gasteiger partial charge in [-0.1, -0.05) is 201 Å². The van der Waals surface area contributed by atoms with E-state index in [1.54, 1.807) is 6.08 Å². The van der Waals surface area contributed by atoms with Crippen molar-refractivity contribution in [3.63, 3.8) is 0 Å². The molecule has 11 nitrogen and oxygen atoms in total. The molecule has 8 unspecified atom stereocenters. The zero-order valence-electron chi connectivity index (χ0n) is 45.3. The minimum atomic E-state index is -1.63. The van der Waals surface area contributed by atoms with Crippen molar-refractivity contribution in [3.8, 4) is 0 Å². The van der Waals surface area contributed by atoms with Gasteiger partial charge in [-0.05, 0) is 103 Å². The third kappa shape index (κ3) is 36.5. The molecule has 1 aliphatic heterocycles. The molecule has 0 radical (unpaired) electrons. The van der Waals surface area contributed by atoms with Gasteiger partial charge in [-0.15, -0.1) is 0 Å². The van der Waals surface area contributed by atoms with Gasteiger partial charge in [0.25, 0.3) is 0 Å². The monoisotopic (exact) mass is 1010 g/mol. The first-order chi connectivity index (χ1) is 35.2. The van der Waals surface area contributed by atoms with Crippen molar-refractivity contribution in [3.05, 3.63) is 97.2 Å². The molecular weight excluding hydrogens is 907 g/mol. The minimum Gasteiger partial charge on any atom is -0.454 e. The lowest BCUT2D eigenvalue weighted by molar-refractivity contribution is -0.305. The Morgan fingerprint density at radius 1 is 0.556 bits per heavy atom. The van der Waals surface area contributed by atoms with Crippen molar-refractivity contribution < 1.29 is 49.3 Å². The first kappa shape index (κ1) is 66.6. The van der Waals surface area contributed by atoms with Crippen LogP contribution in [0.25, 0.3) is 0 Å². The number of carbonyl (C=O) groups is 2. The Morgan fingerprint density at radius 3 is 1.53 bits per heavy atom. The SMILES string of the molecule is CC/C=C/C/C=C/C/C=C/CCCCCCC(=O)OC1C(OCC(NC(=O)C(O)CCCC/C=C\C/C=C\C/C=C\C/C=C\CCCCC)C(O)/C=C/CCCCCCCCCCC)OC(CO)C(O)C1O. The Kier molecular flexibility index (Phi) is 44.9. The largest absolute Gasteiger partial charge is 0.454 e. The third-order valence-corrected chi connectivity index (χ3v) is 12.7. The molecule has 0 aliphatic carbocycles. The van der Waals surface area contributed by atoms with Crippen molar-refractivity contribution in [1.82, 2.24) is 5.32 Å². The molecule has 1 fully saturated rings. The molecule has 1 aliphatic rings. The number of ether oxygens (including phenoxy) is 3. The highest BCUT2D eigenvalue weighted by Crippen LogP contribution is 2.26. The van der Waals surface area contributed by atoms with E-state index in [1.165, 1.54) is 57.8 Å². The van der Waals surface area contributed by atoms with Crippen LogP contribution in [0.3, 0.4) is 0 Å². The second-order valence-electron chi connectivity index (χ2n) is 19.3. The first-order valence-corrected chi connectivity index (χ1v) is 28.5. The number of hydrogen-bond donors (Lipinski definition) is 6. The van der Waals surface area contributed by atoms with E-state index in [9.17, 15) is 35.1 Å². The molecule has 412 valence electrons. The molecule has 0 aromatic heterocycles. The van der Waals surface area contributed by atoms with Crippen LogP contribution >= 0.6 is 0 Å². The fourth-order valence-corrected chi connectivity index (χ4v) is 8.18. The van der Waals surface area contributed by atoms with E-state index >= 15 is 0 Å². The summed E-state index contributed by atoms with van der Waals surface area (Å²) < 4.78 is 17.5. The van der Waals surface area contributed by atoms with Gasteiger partial charge in [-0.2, -0.15) is 0 Å². The second kappa shape index (κ2) is 48.5. The molecule has 0 saturated carbocycles. The zero-order chi connectivity index (χ0) is 52.5. The normalized spacial score (nSPS) is 20.2. The standard InChI is InChI=1S/C61H103NO10/c1-4-7-10-13-16-19-22-24-26-27-28-29-30-33-36-39-42-45-48-54(65)60(69)62-52(53(64)47-44-41-38-35-32-21-18-15-12-9-6-3)51-70-61-59(58(68)57(67)55(50-63)71-61)72-56(66)49-46-43-40-37-34-31-25-23-20-17-14-11-8-5-2/h8,11,16-17,19-20,24-26,28-29,31,33,36,44,47,52-55,57-59,61,63-65,67-68H,4-7,9-10,12-15,18,21-23,27,30,32,34-35,37-43,45-46,48-51H2,1-3H3,(H,62,69)/b11-8+,19-16-,20-17+,26-24-,29-28-,31-25+,36-33-,47-44+. The van der Waals surface area contributed by atoms with Crippen LogP contribution in [0.4, 0.5) is 0 Å². The van der Waals surface area contributed by atoms with Crippen LogP contribution in [0.1, 0.15) is 213 Å². The number of esters is 1. The fourth-order valence-electron chi connectivity index (χ4n) is 8.18. The van der Waals surface area contributed by atoms with Crippen molar-refractivity contribution in [2.75, 3.05) is 13.2 Å². The van der Waals surface area contributed by atoms with Gasteiger partial charge >= 0.3 is 5.97 Å². The molecule has 8 atom stereocenters. The summed E-state index contributed by atoms with van der Waals surface area (Å²) in [6.45, 7) is 5.58. The number of nitrogens with one attached hydrogen (secondary N) is 1. The van der Waals surface area contributed by atoms with E-state index in [2.05, 4.69) is 111 Å². The van der Waals surface area contributed by atoms with Crippen LogP contribution < -0.4 is 5.32 Å². The number of carbonyl (C=O) groups excluding carboxylic acids is 2. The maximum absolute atomic E-state index is 13.4. The molecule has 1 rings (SSSR count). The summed E-state index contributed by atoms with van der Waals surface area (Å²) in [5, 5.41) is 56.7. The average Bonchev–Trinajstić information content (AvgIpc) is 3.38. The maximum Gasteiger partial charge on any atom is 0.306 e. The molecule has 0 aromatic carbocycles. The number of aliphatic hydroxyl groups excluding tert-OH is 5. The highest BCUT2D eigenvalue weighted by molar-refractivity contribution is 5.80. The van der Waals surface area contributed by atoms with Crippen LogP contribution in [-0.4, -0.2) is 99.6 Å². The lowest BCUT2D eigenvalue weighted by Crippen LogP contribution is -2.61. The highest BCUT2D eigenvalue weighted by Gasteiger charge is 2.47. The van der Waals surface area contributed by atoms with Gasteiger partial charge in [0.05, 0.1) is 25.4 Å². The molecule has 0 spiro atoms. The number of unbranched alkanes of at least 4 members (excludes halogenated alkanes) is 18. The summed E-state index contributed by atoms with van der Waals surface area (Å²) in [7, 11) is 0. The van der Waals surface area contributed by atoms with Crippen LogP contribution in [-0.2, 0) is 23.8 Å². The summed E-state index contributed by atoms with van der Waals surface area (Å²) >= 11 is 0. The Morgan fingerprint density at radius 2 is 1.00 bits per heavy atom. The smallest absolute Gasteiger partial charge is 0.306 e. The third-order valence-electron chi connectivity index (χ3n) is 12.7. The van der Waals surface area contributed by atoms with Crippen LogP contribution in [0.15, 0.2) is 97.2 Å². The minimum absolute atomic E-state index is 0.0885. The van der Waals surface area contributed by atoms with E-state index in [-0.39, 0.29) is 19.4 Å². The first-order valence-electron chi connectivity index (χ1n) is 28.5. The summed E-state index contributed by atoms with van der Waals surface area (Å²) in [5.41, 5.74) is 0. The quantitative estimate of drug-likeness (QED) is 0.0196. The Bertz CT molecular complexity index is 1530. The number of aliphatic hydroxyl groups is 5. The molecule has 1 saturated heterocycles. The second-order valence-corrected chi connectivity index (χ2v) is 19.3. The van der Waals surface area contributed by atoms with Gasteiger partial charge in [0, 0.05) is 6.42 Å². The number of allylic oxidation sites excluding steroid dienone is 15. The van der Waals surface area contributed by atoms with E-state index in [1.807, 2.05) is 6.08 Å². The average molecular weight is 1010 g/mol. The summed E-state index contributed by atoms with van der Waals surface area (Å²) in [5.74, 6) is -1.26. The molecule has 1 heterocycles. The summed E-state index contributed by atoms with van der Waals surface area (Å²) in [6.07, 6.45) is 53.1. The maximum atomic E-state index is 13.4. The Hall–Kier alpha value is -3.42. The van der Waals surface area contributed by atoms with E-state index in [0.717, 1.165) is 109 Å². The van der Waals surface area contributed by atoms with Gasteiger partial charge in [0.15, 0.2) is 12.4 Å². The lowest BCUT2D eigenvalue weighted by atomic mass is 9.99. The van der Waals surface area contributed by atoms with Gasteiger partial charge in [-0.3, -0.25) is 9.59 Å². The van der Waals surface area contributed by atoms with Crippen molar-refractivity contribution in [2.24, 2.45) is 0 Å². The van der Waals surface area contributed by atoms with Gasteiger partial charge < -0.3 is 45.1 Å². The molecule has 6 N–H and O–H groups in total. The predicted octanol–water partition coefficient (Wildman–Crippen LogP) is 12.8. The van der Waals surface area contributed by atoms with E-state index < -0.39 is 67.4 Å².